The van der Waals surface area contributed by atoms with Crippen molar-refractivity contribution >= 4 is 11.8 Å². The molecule has 0 spiro atoms. The zero-order valence-electron chi connectivity index (χ0n) is 20.3. The van der Waals surface area contributed by atoms with Crippen molar-refractivity contribution in [1.82, 2.24) is 14.7 Å². The molecule has 0 unspecified atom stereocenters. The molecule has 6 nitrogen and oxygen atoms in total. The number of piperazine rings is 1. The topological polar surface area (TPSA) is 53.1 Å². The van der Waals surface area contributed by atoms with Gasteiger partial charge in [0.15, 0.2) is 0 Å². The van der Waals surface area contributed by atoms with Crippen molar-refractivity contribution in [2.24, 2.45) is 11.3 Å². The van der Waals surface area contributed by atoms with Gasteiger partial charge in [0, 0.05) is 57.5 Å². The number of hydrogen-bond donors (Lipinski definition) is 0. The van der Waals surface area contributed by atoms with Gasteiger partial charge in [0.2, 0.25) is 11.8 Å². The van der Waals surface area contributed by atoms with Crippen LogP contribution in [0.15, 0.2) is 30.3 Å². The van der Waals surface area contributed by atoms with E-state index in [1.165, 1.54) is 25.7 Å². The fourth-order valence-corrected chi connectivity index (χ4v) is 5.76. The molecule has 0 radical (unpaired) electrons. The number of hydrogen-bond acceptors (Lipinski definition) is 4. The molecule has 0 aromatic heterocycles. The highest BCUT2D eigenvalue weighted by atomic mass is 16.5. The zero-order valence-corrected chi connectivity index (χ0v) is 20.3. The van der Waals surface area contributed by atoms with Crippen LogP contribution >= 0.6 is 0 Å². The second-order valence-electron chi connectivity index (χ2n) is 10.6. The lowest BCUT2D eigenvalue weighted by molar-refractivity contribution is -0.142. The molecule has 2 aliphatic heterocycles. The Balaban J connectivity index is 1.41. The van der Waals surface area contributed by atoms with Gasteiger partial charge in [-0.25, -0.2) is 0 Å². The van der Waals surface area contributed by atoms with Gasteiger partial charge in [-0.1, -0.05) is 43.9 Å². The summed E-state index contributed by atoms with van der Waals surface area (Å²) in [4.78, 5) is 32.7. The van der Waals surface area contributed by atoms with E-state index >= 15 is 0 Å². The van der Waals surface area contributed by atoms with Crippen LogP contribution in [0, 0.1) is 11.3 Å². The molecule has 0 bridgehead atoms. The van der Waals surface area contributed by atoms with Gasteiger partial charge in [0.05, 0.1) is 6.61 Å². The SMILES string of the molecule is CN1CCN(C(=O)C[C@@]2(COc3ccccc3)CCCN(C(=O)CCC3CCCC3)C2)CC1. The third-order valence-electron chi connectivity index (χ3n) is 7.93. The van der Waals surface area contributed by atoms with Gasteiger partial charge in [0.25, 0.3) is 0 Å². The summed E-state index contributed by atoms with van der Waals surface area (Å²) in [5.74, 6) is 2.02. The van der Waals surface area contributed by atoms with Gasteiger partial charge in [-0.05, 0) is 44.4 Å². The molecule has 3 fully saturated rings. The molecule has 1 aromatic carbocycles. The second-order valence-corrected chi connectivity index (χ2v) is 10.6. The monoisotopic (exact) mass is 455 g/mol. The summed E-state index contributed by atoms with van der Waals surface area (Å²) >= 11 is 0. The number of para-hydroxylation sites is 1. The van der Waals surface area contributed by atoms with Crippen LogP contribution in [0.3, 0.4) is 0 Å². The Morgan fingerprint density at radius 1 is 0.939 bits per heavy atom. The fraction of sp³-hybridized carbons (Fsp3) is 0.704. The van der Waals surface area contributed by atoms with E-state index in [1.807, 2.05) is 40.1 Å². The van der Waals surface area contributed by atoms with E-state index in [0.29, 0.717) is 26.0 Å². The predicted molar refractivity (Wildman–Crippen MR) is 130 cm³/mol. The normalized spacial score (nSPS) is 24.8. The van der Waals surface area contributed by atoms with Crippen LogP contribution in [0.2, 0.25) is 0 Å². The number of carbonyl (C=O) groups is 2. The van der Waals surface area contributed by atoms with E-state index in [2.05, 4.69) is 11.9 Å². The Morgan fingerprint density at radius 3 is 2.39 bits per heavy atom. The van der Waals surface area contributed by atoms with Crippen LogP contribution in [0.25, 0.3) is 0 Å². The van der Waals surface area contributed by atoms with E-state index in [0.717, 1.165) is 63.7 Å². The molecular formula is C27H41N3O3. The highest BCUT2D eigenvalue weighted by Gasteiger charge is 2.41. The number of likely N-dealkylation sites (N-methyl/N-ethyl adjacent to an activating group) is 1. The van der Waals surface area contributed by atoms with E-state index in [4.69, 9.17) is 4.74 Å². The van der Waals surface area contributed by atoms with Crippen LogP contribution in [-0.4, -0.2) is 79.4 Å². The summed E-state index contributed by atoms with van der Waals surface area (Å²) in [6, 6.07) is 9.84. The lowest BCUT2D eigenvalue weighted by Gasteiger charge is -2.43. The van der Waals surface area contributed by atoms with Crippen molar-refractivity contribution < 1.29 is 14.3 Å². The molecule has 2 saturated heterocycles. The molecule has 1 atom stereocenters. The van der Waals surface area contributed by atoms with Crippen LogP contribution < -0.4 is 4.74 Å². The Kier molecular flexibility index (Phi) is 8.29. The largest absolute Gasteiger partial charge is 0.493 e. The van der Waals surface area contributed by atoms with Gasteiger partial charge in [-0.15, -0.1) is 0 Å². The quantitative estimate of drug-likeness (QED) is 0.598. The van der Waals surface area contributed by atoms with Gasteiger partial charge in [0.1, 0.15) is 5.75 Å². The number of rotatable bonds is 8. The Morgan fingerprint density at radius 2 is 1.67 bits per heavy atom. The van der Waals surface area contributed by atoms with Crippen LogP contribution in [0.1, 0.15) is 57.8 Å². The molecule has 0 N–H and O–H groups in total. The molecule has 1 aromatic rings. The highest BCUT2D eigenvalue weighted by molar-refractivity contribution is 5.78. The summed E-state index contributed by atoms with van der Waals surface area (Å²) in [5, 5.41) is 0. The molecule has 182 valence electrons. The van der Waals surface area contributed by atoms with Crippen molar-refractivity contribution in [3.05, 3.63) is 30.3 Å². The van der Waals surface area contributed by atoms with Crippen LogP contribution in [0.4, 0.5) is 0 Å². The average Bonchev–Trinajstić information content (AvgIpc) is 3.36. The Hall–Kier alpha value is -2.08. The van der Waals surface area contributed by atoms with Crippen molar-refractivity contribution in [3.8, 4) is 5.75 Å². The molecule has 3 aliphatic rings. The summed E-state index contributed by atoms with van der Waals surface area (Å²) in [6.45, 7) is 5.32. The Labute approximate surface area is 199 Å². The minimum atomic E-state index is -0.322. The lowest BCUT2D eigenvalue weighted by atomic mass is 9.77. The summed E-state index contributed by atoms with van der Waals surface area (Å²) in [5.41, 5.74) is -0.322. The maximum Gasteiger partial charge on any atom is 0.223 e. The van der Waals surface area contributed by atoms with Crippen molar-refractivity contribution in [2.75, 3.05) is 52.9 Å². The maximum absolute atomic E-state index is 13.3. The first-order chi connectivity index (χ1) is 16.0. The lowest BCUT2D eigenvalue weighted by Crippen LogP contribution is -2.53. The van der Waals surface area contributed by atoms with Crippen molar-refractivity contribution in [3.63, 3.8) is 0 Å². The zero-order chi connectivity index (χ0) is 23.1. The molecular weight excluding hydrogens is 414 g/mol. The number of piperidine rings is 1. The van der Waals surface area contributed by atoms with Gasteiger partial charge < -0.3 is 19.4 Å². The summed E-state index contributed by atoms with van der Waals surface area (Å²) < 4.78 is 6.21. The first-order valence-electron chi connectivity index (χ1n) is 12.9. The van der Waals surface area contributed by atoms with Gasteiger partial charge in [-0.2, -0.15) is 0 Å². The molecule has 4 rings (SSSR count). The molecule has 2 amide bonds. The fourth-order valence-electron chi connectivity index (χ4n) is 5.76. The van der Waals surface area contributed by atoms with Gasteiger partial charge >= 0.3 is 0 Å². The first kappa shape index (κ1) is 24.1. The minimum absolute atomic E-state index is 0.208. The van der Waals surface area contributed by atoms with Gasteiger partial charge in [-0.3, -0.25) is 9.59 Å². The third-order valence-corrected chi connectivity index (χ3v) is 7.93. The molecule has 6 heteroatoms. The number of amides is 2. The van der Waals surface area contributed by atoms with Crippen molar-refractivity contribution in [1.29, 1.82) is 0 Å². The minimum Gasteiger partial charge on any atom is -0.493 e. The van der Waals surface area contributed by atoms with Crippen LogP contribution in [0.5, 0.6) is 5.75 Å². The smallest absolute Gasteiger partial charge is 0.223 e. The summed E-state index contributed by atoms with van der Waals surface area (Å²) in [6.07, 6.45) is 9.16. The number of nitrogens with zero attached hydrogens (tertiary/aromatic N) is 3. The van der Waals surface area contributed by atoms with E-state index in [1.54, 1.807) is 0 Å². The maximum atomic E-state index is 13.3. The number of benzene rings is 1. The first-order valence-corrected chi connectivity index (χ1v) is 12.9. The molecule has 1 saturated carbocycles. The third kappa shape index (κ3) is 6.72. The predicted octanol–water partition coefficient (Wildman–Crippen LogP) is 3.81. The highest BCUT2D eigenvalue weighted by Crippen LogP contribution is 2.36. The summed E-state index contributed by atoms with van der Waals surface area (Å²) in [7, 11) is 2.10. The molecule has 33 heavy (non-hydrogen) atoms. The standard InChI is InChI=1S/C27H41N3O3/c1-28-16-18-29(19-17-28)26(32)20-27(22-33-24-10-3-2-4-11-24)14-7-15-30(21-27)25(31)13-12-23-8-5-6-9-23/h2-4,10-11,23H,5-9,12-22H2,1H3/t27-/m0/s1. The number of carbonyl (C=O) groups excluding carboxylic acids is 2. The van der Waals surface area contributed by atoms with E-state index in [-0.39, 0.29) is 17.2 Å². The molecule has 2 heterocycles. The van der Waals surface area contributed by atoms with Crippen LogP contribution in [-0.2, 0) is 9.59 Å². The average molecular weight is 456 g/mol. The molecule has 1 aliphatic carbocycles. The van der Waals surface area contributed by atoms with E-state index in [9.17, 15) is 9.59 Å². The number of likely N-dealkylation sites (tertiary alicyclic amines) is 1. The van der Waals surface area contributed by atoms with E-state index < -0.39 is 0 Å². The second kappa shape index (κ2) is 11.4. The Bertz CT molecular complexity index is 772. The number of ether oxygens (including phenoxy) is 1. The van der Waals surface area contributed by atoms with Crippen molar-refractivity contribution in [2.45, 2.75) is 57.8 Å².